The molecule has 0 unspecified atom stereocenters. The average Bonchev–Trinajstić information content (AvgIpc) is 3.36. The van der Waals surface area contributed by atoms with E-state index in [1.54, 1.807) is 57.2 Å². The first kappa shape index (κ1) is 17.8. The Morgan fingerprint density at radius 1 is 1.15 bits per heavy atom. The van der Waals surface area contributed by atoms with Crippen LogP contribution in [0.3, 0.4) is 0 Å². The van der Waals surface area contributed by atoms with Gasteiger partial charge in [-0.1, -0.05) is 0 Å². The van der Waals surface area contributed by atoms with E-state index in [1.807, 2.05) is 0 Å². The monoisotopic (exact) mass is 374 g/mol. The van der Waals surface area contributed by atoms with Gasteiger partial charge in [-0.3, -0.25) is 4.79 Å². The zero-order chi connectivity index (χ0) is 18.5. The molecular weight excluding hydrogens is 356 g/mol. The lowest BCUT2D eigenvalue weighted by atomic mass is 10.1. The number of aromatic nitrogens is 1. The van der Waals surface area contributed by atoms with Crippen LogP contribution in [-0.4, -0.2) is 32.2 Å². The van der Waals surface area contributed by atoms with Gasteiger partial charge in [0.05, 0.1) is 27.6 Å². The van der Waals surface area contributed by atoms with Crippen molar-refractivity contribution in [2.45, 2.75) is 6.54 Å². The molecule has 1 amide bonds. The van der Waals surface area contributed by atoms with Crippen LogP contribution < -0.4 is 19.5 Å². The maximum atomic E-state index is 12.4. The highest BCUT2D eigenvalue weighted by atomic mass is 32.1. The summed E-state index contributed by atoms with van der Waals surface area (Å²) in [5, 5.41) is 5.19. The number of thiazole rings is 1. The Morgan fingerprint density at radius 2 is 1.88 bits per heavy atom. The van der Waals surface area contributed by atoms with Gasteiger partial charge in [-0.05, 0) is 18.2 Å². The van der Waals surface area contributed by atoms with Crippen molar-refractivity contribution < 1.29 is 23.4 Å². The van der Waals surface area contributed by atoms with E-state index < -0.39 is 0 Å². The van der Waals surface area contributed by atoms with Gasteiger partial charge in [0.2, 0.25) is 0 Å². The van der Waals surface area contributed by atoms with Crippen molar-refractivity contribution in [3.63, 3.8) is 0 Å². The van der Waals surface area contributed by atoms with Gasteiger partial charge in [-0.2, -0.15) is 0 Å². The standard InChI is InChI=1S/C18H18N2O5S/c1-22-14-8-16(24-3)15(23-2)7-11(14)9-19-17(21)12-10-26-18(20-12)13-5-4-6-25-13/h4-8,10H,9H2,1-3H3,(H,19,21). The average molecular weight is 374 g/mol. The van der Waals surface area contributed by atoms with Crippen LogP contribution in [-0.2, 0) is 6.54 Å². The fraction of sp³-hybridized carbons (Fsp3) is 0.222. The molecule has 0 saturated heterocycles. The van der Waals surface area contributed by atoms with E-state index >= 15 is 0 Å². The lowest BCUT2D eigenvalue weighted by molar-refractivity contribution is 0.0946. The van der Waals surface area contributed by atoms with Crippen molar-refractivity contribution in [3.8, 4) is 28.0 Å². The molecule has 0 aliphatic carbocycles. The second-order valence-corrected chi connectivity index (χ2v) is 6.08. The Balaban J connectivity index is 1.73. The molecule has 0 spiro atoms. The van der Waals surface area contributed by atoms with Crippen LogP contribution in [0, 0.1) is 0 Å². The van der Waals surface area contributed by atoms with Crippen LogP contribution in [0.2, 0.25) is 0 Å². The zero-order valence-electron chi connectivity index (χ0n) is 14.6. The summed E-state index contributed by atoms with van der Waals surface area (Å²) in [6.45, 7) is 0.260. The predicted octanol–water partition coefficient (Wildman–Crippen LogP) is 3.36. The first-order valence-corrected chi connectivity index (χ1v) is 8.60. The quantitative estimate of drug-likeness (QED) is 0.683. The van der Waals surface area contributed by atoms with Gasteiger partial charge in [-0.15, -0.1) is 11.3 Å². The summed E-state index contributed by atoms with van der Waals surface area (Å²) in [6.07, 6.45) is 1.57. The molecule has 0 bridgehead atoms. The number of ether oxygens (including phenoxy) is 3. The van der Waals surface area contributed by atoms with E-state index in [1.165, 1.54) is 11.3 Å². The summed E-state index contributed by atoms with van der Waals surface area (Å²) < 4.78 is 21.2. The van der Waals surface area contributed by atoms with Crippen LogP contribution in [0.4, 0.5) is 0 Å². The lowest BCUT2D eigenvalue weighted by Crippen LogP contribution is -2.23. The highest BCUT2D eigenvalue weighted by Gasteiger charge is 2.16. The minimum Gasteiger partial charge on any atom is -0.496 e. The van der Waals surface area contributed by atoms with E-state index in [0.29, 0.717) is 33.7 Å². The summed E-state index contributed by atoms with van der Waals surface area (Å²) in [5.41, 5.74) is 1.10. The second kappa shape index (κ2) is 7.92. The molecule has 0 aliphatic heterocycles. The maximum Gasteiger partial charge on any atom is 0.271 e. The van der Waals surface area contributed by atoms with Crippen LogP contribution in [0.1, 0.15) is 16.1 Å². The molecule has 7 nitrogen and oxygen atoms in total. The molecule has 3 aromatic rings. The molecule has 26 heavy (non-hydrogen) atoms. The van der Waals surface area contributed by atoms with Gasteiger partial charge < -0.3 is 23.9 Å². The fourth-order valence-electron chi connectivity index (χ4n) is 2.39. The third-order valence-electron chi connectivity index (χ3n) is 3.69. The number of hydrogen-bond donors (Lipinski definition) is 1. The number of furan rings is 1. The number of methoxy groups -OCH3 is 3. The summed E-state index contributed by atoms with van der Waals surface area (Å²) in [4.78, 5) is 16.7. The van der Waals surface area contributed by atoms with Crippen molar-refractivity contribution in [1.82, 2.24) is 10.3 Å². The Kier molecular flexibility index (Phi) is 5.43. The van der Waals surface area contributed by atoms with Crippen molar-refractivity contribution in [1.29, 1.82) is 0 Å². The lowest BCUT2D eigenvalue weighted by Gasteiger charge is -2.14. The van der Waals surface area contributed by atoms with Gasteiger partial charge >= 0.3 is 0 Å². The number of amides is 1. The Bertz CT molecular complexity index is 889. The third-order valence-corrected chi connectivity index (χ3v) is 4.55. The van der Waals surface area contributed by atoms with E-state index in [-0.39, 0.29) is 12.5 Å². The molecule has 136 valence electrons. The van der Waals surface area contributed by atoms with Gasteiger partial charge in [0.1, 0.15) is 11.4 Å². The maximum absolute atomic E-state index is 12.4. The minimum absolute atomic E-state index is 0.260. The minimum atomic E-state index is -0.282. The number of carbonyl (C=O) groups excluding carboxylic acids is 1. The smallest absolute Gasteiger partial charge is 0.271 e. The molecule has 0 radical (unpaired) electrons. The molecule has 2 aromatic heterocycles. The number of nitrogens with one attached hydrogen (secondary N) is 1. The highest BCUT2D eigenvalue weighted by molar-refractivity contribution is 7.13. The zero-order valence-corrected chi connectivity index (χ0v) is 15.4. The molecular formula is C18H18N2O5S. The Hall–Kier alpha value is -3.00. The van der Waals surface area contributed by atoms with Crippen LogP contribution in [0.5, 0.6) is 17.2 Å². The van der Waals surface area contributed by atoms with E-state index in [2.05, 4.69) is 10.3 Å². The highest BCUT2D eigenvalue weighted by Crippen LogP contribution is 2.34. The summed E-state index contributed by atoms with van der Waals surface area (Å²) >= 11 is 1.35. The van der Waals surface area contributed by atoms with Crippen LogP contribution >= 0.6 is 11.3 Å². The Morgan fingerprint density at radius 3 is 2.54 bits per heavy atom. The van der Waals surface area contributed by atoms with Crippen molar-refractivity contribution >= 4 is 17.2 Å². The number of benzene rings is 1. The SMILES string of the molecule is COc1cc(OC)c(OC)cc1CNC(=O)c1csc(-c2ccco2)n1. The first-order chi connectivity index (χ1) is 12.7. The van der Waals surface area contributed by atoms with Crippen molar-refractivity contribution in [2.24, 2.45) is 0 Å². The first-order valence-electron chi connectivity index (χ1n) is 7.72. The van der Waals surface area contributed by atoms with Crippen LogP contribution in [0.25, 0.3) is 10.8 Å². The molecule has 1 aromatic carbocycles. The number of carbonyl (C=O) groups is 1. The number of rotatable bonds is 7. The summed E-state index contributed by atoms with van der Waals surface area (Å²) in [5.74, 6) is 2.07. The summed E-state index contributed by atoms with van der Waals surface area (Å²) in [7, 11) is 4.67. The molecule has 0 atom stereocenters. The van der Waals surface area contributed by atoms with E-state index in [0.717, 1.165) is 5.56 Å². The molecule has 1 N–H and O–H groups in total. The van der Waals surface area contributed by atoms with Gasteiger partial charge in [0, 0.05) is 23.6 Å². The van der Waals surface area contributed by atoms with E-state index in [9.17, 15) is 4.79 Å². The van der Waals surface area contributed by atoms with Gasteiger partial charge in [0.15, 0.2) is 22.3 Å². The molecule has 0 aliphatic rings. The van der Waals surface area contributed by atoms with Crippen LogP contribution in [0.15, 0.2) is 40.3 Å². The number of nitrogens with zero attached hydrogens (tertiary/aromatic N) is 1. The number of hydrogen-bond acceptors (Lipinski definition) is 7. The topological polar surface area (TPSA) is 82.8 Å². The summed E-state index contributed by atoms with van der Waals surface area (Å²) in [6, 6.07) is 7.07. The fourth-order valence-corrected chi connectivity index (χ4v) is 3.15. The molecule has 0 fully saturated rings. The van der Waals surface area contributed by atoms with Crippen molar-refractivity contribution in [2.75, 3.05) is 21.3 Å². The van der Waals surface area contributed by atoms with Gasteiger partial charge in [-0.25, -0.2) is 4.98 Å². The molecule has 8 heteroatoms. The van der Waals surface area contributed by atoms with Crippen molar-refractivity contribution in [3.05, 3.63) is 47.2 Å². The molecule has 0 saturated carbocycles. The van der Waals surface area contributed by atoms with Gasteiger partial charge in [0.25, 0.3) is 5.91 Å². The second-order valence-electron chi connectivity index (χ2n) is 5.22. The van der Waals surface area contributed by atoms with E-state index in [4.69, 9.17) is 18.6 Å². The molecule has 3 rings (SSSR count). The predicted molar refractivity (Wildman–Crippen MR) is 97.1 cm³/mol. The largest absolute Gasteiger partial charge is 0.496 e. The normalized spacial score (nSPS) is 10.4. The molecule has 2 heterocycles. The third kappa shape index (κ3) is 3.65. The Labute approximate surface area is 154 Å².